The van der Waals surface area contributed by atoms with Gasteiger partial charge in [0.2, 0.25) is 5.91 Å². The number of benzene rings is 2. The molecule has 29 heavy (non-hydrogen) atoms. The first-order valence-electron chi connectivity index (χ1n) is 9.68. The molecule has 158 valence electrons. The van der Waals surface area contributed by atoms with E-state index < -0.39 is 0 Å². The smallest absolute Gasteiger partial charge is 0.227 e. The van der Waals surface area contributed by atoms with E-state index in [1.165, 1.54) is 6.07 Å². The third-order valence-electron chi connectivity index (χ3n) is 4.42. The number of guanidine groups is 1. The van der Waals surface area contributed by atoms with Crippen LogP contribution in [0.5, 0.6) is 0 Å². The Morgan fingerprint density at radius 1 is 1.10 bits per heavy atom. The minimum Gasteiger partial charge on any atom is -0.357 e. The SMILES string of the molecule is CCNC(=NCc1cccc(NC(=O)C(C)CC)c1)NCc1ccccc1F.I. The quantitative estimate of drug-likeness (QED) is 0.273. The molecule has 1 amide bonds. The van der Waals surface area contributed by atoms with Gasteiger partial charge in [-0.25, -0.2) is 9.38 Å². The first-order chi connectivity index (χ1) is 13.5. The largest absolute Gasteiger partial charge is 0.357 e. The van der Waals surface area contributed by atoms with E-state index in [1.807, 2.05) is 51.1 Å². The van der Waals surface area contributed by atoms with E-state index in [9.17, 15) is 9.18 Å². The van der Waals surface area contributed by atoms with Crippen molar-refractivity contribution in [2.45, 2.75) is 40.3 Å². The van der Waals surface area contributed by atoms with Crippen molar-refractivity contribution in [1.29, 1.82) is 0 Å². The molecule has 5 nitrogen and oxygen atoms in total. The summed E-state index contributed by atoms with van der Waals surface area (Å²) in [5.74, 6) is 0.364. The van der Waals surface area contributed by atoms with E-state index in [-0.39, 0.29) is 41.6 Å². The number of carbonyl (C=O) groups excluding carboxylic acids is 1. The fraction of sp³-hybridized carbons (Fsp3) is 0.364. The lowest BCUT2D eigenvalue weighted by Gasteiger charge is -2.13. The van der Waals surface area contributed by atoms with E-state index in [1.54, 1.807) is 12.1 Å². The maximum atomic E-state index is 13.8. The third kappa shape index (κ3) is 8.39. The first-order valence-corrected chi connectivity index (χ1v) is 9.68. The number of hydrogen-bond donors (Lipinski definition) is 3. The van der Waals surface area contributed by atoms with Crippen molar-refractivity contribution >= 4 is 41.5 Å². The molecule has 2 rings (SSSR count). The molecule has 0 aromatic heterocycles. The van der Waals surface area contributed by atoms with Gasteiger partial charge in [-0.3, -0.25) is 4.79 Å². The minimum absolute atomic E-state index is 0. The van der Waals surface area contributed by atoms with Gasteiger partial charge < -0.3 is 16.0 Å². The highest BCUT2D eigenvalue weighted by Crippen LogP contribution is 2.14. The fourth-order valence-corrected chi connectivity index (χ4v) is 2.53. The molecule has 0 saturated heterocycles. The highest BCUT2D eigenvalue weighted by molar-refractivity contribution is 14.0. The molecule has 0 fully saturated rings. The molecule has 1 unspecified atom stereocenters. The Morgan fingerprint density at radius 2 is 1.86 bits per heavy atom. The Morgan fingerprint density at radius 3 is 2.55 bits per heavy atom. The number of carbonyl (C=O) groups is 1. The van der Waals surface area contributed by atoms with Crippen molar-refractivity contribution in [3.63, 3.8) is 0 Å². The zero-order valence-corrected chi connectivity index (χ0v) is 19.5. The van der Waals surface area contributed by atoms with Gasteiger partial charge in [0.1, 0.15) is 5.82 Å². The maximum Gasteiger partial charge on any atom is 0.227 e. The van der Waals surface area contributed by atoms with Crippen LogP contribution in [-0.2, 0) is 17.9 Å². The number of rotatable bonds is 8. The van der Waals surface area contributed by atoms with Crippen LogP contribution in [0.4, 0.5) is 10.1 Å². The van der Waals surface area contributed by atoms with Gasteiger partial charge in [-0.15, -0.1) is 24.0 Å². The van der Waals surface area contributed by atoms with Crippen LogP contribution in [0.3, 0.4) is 0 Å². The number of hydrogen-bond acceptors (Lipinski definition) is 2. The summed E-state index contributed by atoms with van der Waals surface area (Å²) in [5, 5.41) is 9.24. The minimum atomic E-state index is -0.240. The number of amides is 1. The molecule has 0 radical (unpaired) electrons. The van der Waals surface area contributed by atoms with Gasteiger partial charge in [-0.1, -0.05) is 44.2 Å². The van der Waals surface area contributed by atoms with Crippen LogP contribution in [0.15, 0.2) is 53.5 Å². The van der Waals surface area contributed by atoms with Crippen molar-refractivity contribution < 1.29 is 9.18 Å². The van der Waals surface area contributed by atoms with Crippen LogP contribution in [-0.4, -0.2) is 18.4 Å². The Kier molecular flexibility index (Phi) is 11.3. The zero-order chi connectivity index (χ0) is 20.4. The van der Waals surface area contributed by atoms with Crippen molar-refractivity contribution in [2.24, 2.45) is 10.9 Å². The monoisotopic (exact) mass is 512 g/mol. The highest BCUT2D eigenvalue weighted by Gasteiger charge is 2.10. The average Bonchev–Trinajstić information content (AvgIpc) is 2.70. The van der Waals surface area contributed by atoms with Crippen molar-refractivity contribution in [2.75, 3.05) is 11.9 Å². The molecular formula is C22H30FIN4O. The Bertz CT molecular complexity index is 813. The first kappa shape index (κ1) is 24.9. The summed E-state index contributed by atoms with van der Waals surface area (Å²) in [6.07, 6.45) is 0.801. The normalized spacial score (nSPS) is 11.9. The lowest BCUT2D eigenvalue weighted by atomic mass is 10.1. The van der Waals surface area contributed by atoms with Gasteiger partial charge in [0.05, 0.1) is 6.54 Å². The molecule has 2 aromatic rings. The Hall–Kier alpha value is -2.16. The van der Waals surface area contributed by atoms with Crippen LogP contribution in [0, 0.1) is 11.7 Å². The van der Waals surface area contributed by atoms with E-state index in [0.29, 0.717) is 31.2 Å². The van der Waals surface area contributed by atoms with Crippen molar-refractivity contribution in [3.05, 3.63) is 65.5 Å². The molecule has 0 spiro atoms. The fourth-order valence-electron chi connectivity index (χ4n) is 2.53. The predicted octanol–water partition coefficient (Wildman–Crippen LogP) is 4.68. The van der Waals surface area contributed by atoms with Crippen LogP contribution in [0.1, 0.15) is 38.3 Å². The maximum absolute atomic E-state index is 13.8. The van der Waals surface area contributed by atoms with Gasteiger partial charge >= 0.3 is 0 Å². The van der Waals surface area contributed by atoms with E-state index >= 15 is 0 Å². The van der Waals surface area contributed by atoms with Gasteiger partial charge in [0.25, 0.3) is 0 Å². The molecular weight excluding hydrogens is 482 g/mol. The lowest BCUT2D eigenvalue weighted by molar-refractivity contribution is -0.119. The van der Waals surface area contributed by atoms with E-state index in [4.69, 9.17) is 0 Å². The Balaban J connectivity index is 0.00000420. The molecule has 2 aromatic carbocycles. The number of nitrogens with zero attached hydrogens (tertiary/aromatic N) is 1. The molecule has 0 aliphatic heterocycles. The van der Waals surface area contributed by atoms with E-state index in [2.05, 4.69) is 20.9 Å². The lowest BCUT2D eigenvalue weighted by Crippen LogP contribution is -2.37. The number of aliphatic imine (C=N–C) groups is 1. The molecule has 0 aliphatic carbocycles. The number of anilines is 1. The second kappa shape index (κ2) is 13.1. The summed E-state index contributed by atoms with van der Waals surface area (Å²) in [6.45, 7) is 7.38. The molecule has 3 N–H and O–H groups in total. The summed E-state index contributed by atoms with van der Waals surface area (Å²) < 4.78 is 13.8. The summed E-state index contributed by atoms with van der Waals surface area (Å²) >= 11 is 0. The van der Waals surface area contributed by atoms with Crippen molar-refractivity contribution in [1.82, 2.24) is 10.6 Å². The summed E-state index contributed by atoms with van der Waals surface area (Å²) in [6, 6.07) is 14.3. The third-order valence-corrected chi connectivity index (χ3v) is 4.42. The molecule has 0 heterocycles. The summed E-state index contributed by atoms with van der Waals surface area (Å²) in [5.41, 5.74) is 2.33. The van der Waals surface area contributed by atoms with Crippen molar-refractivity contribution in [3.8, 4) is 0 Å². The number of nitrogens with one attached hydrogen (secondary N) is 3. The summed E-state index contributed by atoms with van der Waals surface area (Å²) in [7, 11) is 0. The van der Waals surface area contributed by atoms with Crippen LogP contribution >= 0.6 is 24.0 Å². The van der Waals surface area contributed by atoms with Gasteiger partial charge in [0, 0.05) is 30.3 Å². The van der Waals surface area contributed by atoms with Gasteiger partial charge in [-0.05, 0) is 37.1 Å². The second-order valence-corrected chi connectivity index (χ2v) is 6.64. The van der Waals surface area contributed by atoms with E-state index in [0.717, 1.165) is 17.7 Å². The summed E-state index contributed by atoms with van der Waals surface area (Å²) in [4.78, 5) is 16.6. The van der Waals surface area contributed by atoms with Gasteiger partial charge in [0.15, 0.2) is 5.96 Å². The van der Waals surface area contributed by atoms with Gasteiger partial charge in [-0.2, -0.15) is 0 Å². The number of halogens is 2. The predicted molar refractivity (Wildman–Crippen MR) is 128 cm³/mol. The molecule has 1 atom stereocenters. The Labute approximate surface area is 189 Å². The average molecular weight is 512 g/mol. The van der Waals surface area contributed by atoms with Crippen LogP contribution < -0.4 is 16.0 Å². The van der Waals surface area contributed by atoms with Crippen LogP contribution in [0.25, 0.3) is 0 Å². The zero-order valence-electron chi connectivity index (χ0n) is 17.2. The highest BCUT2D eigenvalue weighted by atomic mass is 127. The molecule has 0 aliphatic rings. The second-order valence-electron chi connectivity index (χ2n) is 6.64. The molecule has 0 saturated carbocycles. The molecule has 7 heteroatoms. The standard InChI is InChI=1S/C22H29FN4O.HI/c1-4-16(3)21(28)27-19-11-8-9-17(13-19)14-25-22(24-5-2)26-15-18-10-6-7-12-20(18)23;/h6-13,16H,4-5,14-15H2,1-3H3,(H,27,28)(H2,24,25,26);1H. The topological polar surface area (TPSA) is 65.5 Å². The molecule has 0 bridgehead atoms. The van der Waals surface area contributed by atoms with Crippen LogP contribution in [0.2, 0.25) is 0 Å².